The van der Waals surface area contributed by atoms with Crippen molar-refractivity contribution in [3.8, 4) is 23.0 Å². The van der Waals surface area contributed by atoms with Gasteiger partial charge in [0, 0.05) is 17.7 Å². The van der Waals surface area contributed by atoms with E-state index in [1.807, 2.05) is 30.3 Å². The molecule has 0 radical (unpaired) electrons. The van der Waals surface area contributed by atoms with E-state index in [1.165, 1.54) is 0 Å². The summed E-state index contributed by atoms with van der Waals surface area (Å²) in [5.41, 5.74) is 3.97. The number of cyclic esters (lactones) is 1. The van der Waals surface area contributed by atoms with Gasteiger partial charge in [-0.1, -0.05) is 6.07 Å². The molecule has 2 aromatic rings. The van der Waals surface area contributed by atoms with Crippen molar-refractivity contribution in [1.82, 2.24) is 0 Å². The molecule has 0 saturated heterocycles. The Labute approximate surface area is 162 Å². The van der Waals surface area contributed by atoms with Crippen molar-refractivity contribution < 1.29 is 28.5 Å². The molecule has 0 saturated carbocycles. The van der Waals surface area contributed by atoms with Gasteiger partial charge in [0.25, 0.3) is 0 Å². The first-order valence-corrected chi connectivity index (χ1v) is 8.76. The van der Waals surface area contributed by atoms with Crippen molar-refractivity contribution >= 4 is 11.7 Å². The average molecular weight is 383 g/mol. The van der Waals surface area contributed by atoms with Gasteiger partial charge in [-0.05, 0) is 29.3 Å². The second-order valence-electron chi connectivity index (χ2n) is 6.44. The van der Waals surface area contributed by atoms with Gasteiger partial charge >= 0.3 is 5.97 Å². The number of hydrogen-bond donors (Lipinski definition) is 1. The van der Waals surface area contributed by atoms with Gasteiger partial charge in [-0.3, -0.25) is 0 Å². The van der Waals surface area contributed by atoms with Crippen molar-refractivity contribution in [2.75, 3.05) is 40.4 Å². The minimum atomic E-state index is -0.333. The molecule has 0 amide bonds. The van der Waals surface area contributed by atoms with E-state index in [4.69, 9.17) is 23.7 Å². The van der Waals surface area contributed by atoms with Gasteiger partial charge in [-0.25, -0.2) is 4.79 Å². The number of anilines is 1. The van der Waals surface area contributed by atoms with Gasteiger partial charge in [0.1, 0.15) is 6.61 Å². The van der Waals surface area contributed by atoms with Crippen LogP contribution in [0.1, 0.15) is 17.0 Å². The maximum absolute atomic E-state index is 12.5. The summed E-state index contributed by atoms with van der Waals surface area (Å²) in [5.74, 6) is 1.74. The Kier molecular flexibility index (Phi) is 4.50. The van der Waals surface area contributed by atoms with Gasteiger partial charge < -0.3 is 29.0 Å². The molecule has 0 bridgehead atoms. The molecular formula is C21H21NO6. The number of carbonyl (C=O) groups is 1. The lowest BCUT2D eigenvalue weighted by atomic mass is 9.81. The number of fused-ring (bicyclic) bond motifs is 1. The molecule has 2 aliphatic rings. The maximum atomic E-state index is 12.5. The van der Waals surface area contributed by atoms with Gasteiger partial charge in [0.15, 0.2) is 23.0 Å². The molecule has 7 nitrogen and oxygen atoms in total. The van der Waals surface area contributed by atoms with Crippen LogP contribution < -0.4 is 24.3 Å². The fourth-order valence-corrected chi connectivity index (χ4v) is 3.75. The third-order valence-electron chi connectivity index (χ3n) is 5.07. The lowest BCUT2D eigenvalue weighted by Crippen LogP contribution is -2.20. The first-order valence-electron chi connectivity index (χ1n) is 8.76. The first kappa shape index (κ1) is 18.0. The maximum Gasteiger partial charge on any atom is 0.337 e. The van der Waals surface area contributed by atoms with Crippen LogP contribution in [0.25, 0.3) is 0 Å². The van der Waals surface area contributed by atoms with Crippen molar-refractivity contribution in [1.29, 1.82) is 0 Å². The van der Waals surface area contributed by atoms with Crippen LogP contribution in [-0.4, -0.2) is 41.0 Å². The molecule has 1 N–H and O–H groups in total. The molecule has 0 fully saturated rings. The summed E-state index contributed by atoms with van der Waals surface area (Å²) < 4.78 is 27.0. The van der Waals surface area contributed by atoms with Crippen molar-refractivity contribution in [2.24, 2.45) is 0 Å². The smallest absolute Gasteiger partial charge is 0.337 e. The van der Waals surface area contributed by atoms with Crippen molar-refractivity contribution in [3.63, 3.8) is 0 Å². The number of esters is 1. The van der Waals surface area contributed by atoms with Crippen molar-refractivity contribution in [3.05, 3.63) is 52.7 Å². The quantitative estimate of drug-likeness (QED) is 0.795. The lowest BCUT2D eigenvalue weighted by molar-refractivity contribution is -0.136. The molecule has 2 aromatic carbocycles. The minimum absolute atomic E-state index is 0.214. The van der Waals surface area contributed by atoms with Crippen LogP contribution in [-0.2, 0) is 9.53 Å². The zero-order valence-corrected chi connectivity index (χ0v) is 16.1. The van der Waals surface area contributed by atoms with Gasteiger partial charge in [0.2, 0.25) is 0 Å². The van der Waals surface area contributed by atoms with Crippen LogP contribution in [0.3, 0.4) is 0 Å². The predicted octanol–water partition coefficient (Wildman–Crippen LogP) is 3.09. The zero-order valence-electron chi connectivity index (χ0n) is 16.1. The Morgan fingerprint density at radius 2 is 1.54 bits per heavy atom. The van der Waals surface area contributed by atoms with E-state index >= 15 is 0 Å². The number of methoxy groups -OCH3 is 4. The number of rotatable bonds is 5. The van der Waals surface area contributed by atoms with E-state index < -0.39 is 0 Å². The number of ether oxygens (including phenoxy) is 5. The second-order valence-corrected chi connectivity index (χ2v) is 6.44. The van der Waals surface area contributed by atoms with Gasteiger partial charge in [-0.15, -0.1) is 0 Å². The first-order chi connectivity index (χ1) is 13.6. The van der Waals surface area contributed by atoms with Crippen LogP contribution in [0.2, 0.25) is 0 Å². The molecule has 1 atom stereocenters. The molecule has 2 aliphatic heterocycles. The summed E-state index contributed by atoms with van der Waals surface area (Å²) in [4.78, 5) is 12.5. The topological polar surface area (TPSA) is 75.3 Å². The van der Waals surface area contributed by atoms with Crippen LogP contribution in [0.5, 0.6) is 23.0 Å². The van der Waals surface area contributed by atoms with Crippen LogP contribution in [0.15, 0.2) is 41.6 Å². The average Bonchev–Trinajstić information content (AvgIpc) is 3.10. The molecule has 0 aliphatic carbocycles. The SMILES string of the molecule is COc1ccc(C2C3=C(COC3=O)Nc3cc(OC)c(OC)cc32)cc1OC. The van der Waals surface area contributed by atoms with E-state index in [0.717, 1.165) is 22.5 Å². The highest BCUT2D eigenvalue weighted by Gasteiger charge is 2.39. The Balaban J connectivity index is 1.93. The molecule has 28 heavy (non-hydrogen) atoms. The summed E-state index contributed by atoms with van der Waals surface area (Å²) in [6, 6.07) is 9.39. The highest BCUT2D eigenvalue weighted by atomic mass is 16.5. The van der Waals surface area contributed by atoms with Crippen molar-refractivity contribution in [2.45, 2.75) is 5.92 Å². The lowest BCUT2D eigenvalue weighted by Gasteiger charge is -2.28. The van der Waals surface area contributed by atoms with Crippen LogP contribution >= 0.6 is 0 Å². The highest BCUT2D eigenvalue weighted by molar-refractivity contribution is 5.97. The number of benzene rings is 2. The molecule has 146 valence electrons. The summed E-state index contributed by atoms with van der Waals surface area (Å²) in [7, 11) is 6.34. The summed E-state index contributed by atoms with van der Waals surface area (Å²) in [6.45, 7) is 0.214. The molecule has 2 heterocycles. The minimum Gasteiger partial charge on any atom is -0.493 e. The van der Waals surface area contributed by atoms with E-state index in [1.54, 1.807) is 28.4 Å². The number of nitrogens with one attached hydrogen (secondary N) is 1. The van der Waals surface area contributed by atoms with E-state index in [2.05, 4.69) is 5.32 Å². The fraction of sp³-hybridized carbons (Fsp3) is 0.286. The number of carbonyl (C=O) groups excluding carboxylic acids is 1. The molecule has 1 unspecified atom stereocenters. The van der Waals surface area contributed by atoms with E-state index in [9.17, 15) is 4.79 Å². The molecule has 4 rings (SSSR count). The van der Waals surface area contributed by atoms with Gasteiger partial charge in [-0.2, -0.15) is 0 Å². The third kappa shape index (κ3) is 2.70. The zero-order chi connectivity index (χ0) is 19.8. The summed E-state index contributed by atoms with van der Waals surface area (Å²) >= 11 is 0. The largest absolute Gasteiger partial charge is 0.493 e. The Hall–Kier alpha value is -3.35. The second kappa shape index (κ2) is 6.99. The van der Waals surface area contributed by atoms with Gasteiger partial charge in [0.05, 0.1) is 39.7 Å². The van der Waals surface area contributed by atoms with E-state index in [-0.39, 0.29) is 18.5 Å². The Morgan fingerprint density at radius 1 is 0.893 bits per heavy atom. The molecule has 7 heteroatoms. The highest BCUT2D eigenvalue weighted by Crippen LogP contribution is 2.48. The normalized spacial score (nSPS) is 17.3. The number of hydrogen-bond acceptors (Lipinski definition) is 7. The molecule has 0 aromatic heterocycles. The van der Waals surface area contributed by atoms with Crippen LogP contribution in [0, 0.1) is 0 Å². The summed E-state index contributed by atoms with van der Waals surface area (Å²) in [5, 5.41) is 3.31. The standard InChI is InChI=1S/C21H21NO6/c1-24-15-6-5-11(7-16(15)25-2)19-12-8-17(26-3)18(27-4)9-13(12)22-14-10-28-21(23)20(14)19/h5-9,19,22H,10H2,1-4H3. The monoisotopic (exact) mass is 383 g/mol. The summed E-state index contributed by atoms with van der Waals surface area (Å²) in [6.07, 6.45) is 0. The third-order valence-corrected chi connectivity index (χ3v) is 5.07. The predicted molar refractivity (Wildman–Crippen MR) is 103 cm³/mol. The Bertz CT molecular complexity index is 981. The fourth-order valence-electron chi connectivity index (χ4n) is 3.75. The molecular weight excluding hydrogens is 362 g/mol. The molecule has 0 spiro atoms. The Morgan fingerprint density at radius 3 is 2.21 bits per heavy atom. The van der Waals surface area contributed by atoms with E-state index in [0.29, 0.717) is 28.6 Å². The van der Waals surface area contributed by atoms with Crippen LogP contribution in [0.4, 0.5) is 5.69 Å².